The first-order valence-electron chi connectivity index (χ1n) is 6.97. The van der Waals surface area contributed by atoms with E-state index in [4.69, 9.17) is 0 Å². The summed E-state index contributed by atoms with van der Waals surface area (Å²) in [5.41, 5.74) is 1.24. The van der Waals surface area contributed by atoms with E-state index < -0.39 is 0 Å². The smallest absolute Gasteiger partial charge is 0.293 e. The van der Waals surface area contributed by atoms with Crippen molar-refractivity contribution in [1.29, 1.82) is 0 Å². The third kappa shape index (κ3) is 2.50. The average Bonchev–Trinajstić information content (AvgIpc) is 3.17. The molecule has 106 valence electrons. The highest BCUT2D eigenvalue weighted by molar-refractivity contribution is 7.12. The minimum absolute atomic E-state index is 0.00791. The van der Waals surface area contributed by atoms with E-state index >= 15 is 0 Å². The molecule has 1 fully saturated rings. The molecule has 4 nitrogen and oxygen atoms in total. The molecule has 2 heterocycles. The lowest BCUT2D eigenvalue weighted by atomic mass is 10.1. The molecule has 5 heteroatoms. The summed E-state index contributed by atoms with van der Waals surface area (Å²) in [7, 11) is 0. The van der Waals surface area contributed by atoms with Crippen LogP contribution in [-0.2, 0) is 0 Å². The summed E-state index contributed by atoms with van der Waals surface area (Å²) in [6.07, 6.45) is 5.69. The Morgan fingerprint density at radius 2 is 2.20 bits per heavy atom. The number of rotatable bonds is 4. The van der Waals surface area contributed by atoms with E-state index in [-0.39, 0.29) is 11.6 Å². The second-order valence-electron chi connectivity index (χ2n) is 5.45. The molecule has 1 aliphatic rings. The minimum atomic E-state index is -0.00791. The lowest BCUT2D eigenvalue weighted by molar-refractivity contribution is 0.696. The van der Waals surface area contributed by atoms with Gasteiger partial charge in [0.15, 0.2) is 5.82 Å². The van der Waals surface area contributed by atoms with Gasteiger partial charge < -0.3 is 9.88 Å². The van der Waals surface area contributed by atoms with Crippen LogP contribution in [0.15, 0.2) is 23.3 Å². The monoisotopic (exact) mass is 289 g/mol. The van der Waals surface area contributed by atoms with Crippen LogP contribution >= 0.6 is 11.3 Å². The fraction of sp³-hybridized carbons (Fsp3) is 0.467. The van der Waals surface area contributed by atoms with Gasteiger partial charge in [0.05, 0.1) is 6.04 Å². The minimum Gasteiger partial charge on any atom is -0.359 e. The Balaban J connectivity index is 1.86. The van der Waals surface area contributed by atoms with Crippen molar-refractivity contribution in [1.82, 2.24) is 9.55 Å². The van der Waals surface area contributed by atoms with Crippen LogP contribution in [0.25, 0.3) is 0 Å². The van der Waals surface area contributed by atoms with E-state index in [2.05, 4.69) is 37.1 Å². The fourth-order valence-electron chi connectivity index (χ4n) is 2.53. The molecule has 1 aliphatic carbocycles. The second kappa shape index (κ2) is 5.05. The first-order chi connectivity index (χ1) is 9.56. The average molecular weight is 289 g/mol. The summed E-state index contributed by atoms with van der Waals surface area (Å²) in [4.78, 5) is 19.1. The highest BCUT2D eigenvalue weighted by Gasteiger charge is 2.25. The van der Waals surface area contributed by atoms with Crippen LogP contribution in [0.1, 0.15) is 47.2 Å². The Bertz CT molecular complexity index is 685. The molecule has 2 aromatic heterocycles. The molecule has 3 rings (SSSR count). The number of aromatic nitrogens is 2. The van der Waals surface area contributed by atoms with Gasteiger partial charge in [0.1, 0.15) is 0 Å². The van der Waals surface area contributed by atoms with Crippen molar-refractivity contribution in [3.8, 4) is 0 Å². The number of nitrogens with zero attached hydrogens (tertiary/aromatic N) is 2. The fourth-order valence-corrected chi connectivity index (χ4v) is 3.55. The maximum Gasteiger partial charge on any atom is 0.293 e. The van der Waals surface area contributed by atoms with Crippen LogP contribution in [0, 0.1) is 13.8 Å². The van der Waals surface area contributed by atoms with E-state index in [9.17, 15) is 4.79 Å². The first kappa shape index (κ1) is 13.4. The van der Waals surface area contributed by atoms with Gasteiger partial charge in [-0.25, -0.2) is 4.98 Å². The molecule has 0 aromatic carbocycles. The second-order valence-corrected chi connectivity index (χ2v) is 6.91. The van der Waals surface area contributed by atoms with E-state index in [1.807, 2.05) is 0 Å². The quantitative estimate of drug-likeness (QED) is 0.938. The highest BCUT2D eigenvalue weighted by Crippen LogP contribution is 2.33. The van der Waals surface area contributed by atoms with E-state index in [1.54, 1.807) is 28.3 Å². The van der Waals surface area contributed by atoms with Crippen LogP contribution in [-0.4, -0.2) is 9.55 Å². The standard InChI is InChI=1S/C15H19N3OS/c1-9-8-13(11(3)20-9)10(2)17-14-15(19)18(7-6-16-14)12-4-5-12/h6-8,10,12H,4-5H2,1-3H3,(H,16,17). The van der Waals surface area contributed by atoms with Crippen molar-refractivity contribution in [2.75, 3.05) is 5.32 Å². The number of hydrogen-bond donors (Lipinski definition) is 1. The van der Waals surface area contributed by atoms with Crippen LogP contribution < -0.4 is 10.9 Å². The van der Waals surface area contributed by atoms with Gasteiger partial charge in [-0.05, 0) is 45.2 Å². The lowest BCUT2D eigenvalue weighted by Gasteiger charge is -2.15. The van der Waals surface area contributed by atoms with E-state index in [0.29, 0.717) is 11.9 Å². The van der Waals surface area contributed by atoms with Crippen molar-refractivity contribution >= 4 is 17.2 Å². The van der Waals surface area contributed by atoms with Gasteiger partial charge in [-0.2, -0.15) is 0 Å². The van der Waals surface area contributed by atoms with Crippen molar-refractivity contribution < 1.29 is 0 Å². The van der Waals surface area contributed by atoms with Gasteiger partial charge in [-0.3, -0.25) is 4.79 Å². The van der Waals surface area contributed by atoms with Gasteiger partial charge in [0, 0.05) is 28.2 Å². The lowest BCUT2D eigenvalue weighted by Crippen LogP contribution is -2.24. The predicted molar refractivity (Wildman–Crippen MR) is 82.6 cm³/mol. The molecule has 1 unspecified atom stereocenters. The van der Waals surface area contributed by atoms with Crippen molar-refractivity contribution in [3.63, 3.8) is 0 Å². The molecule has 2 aromatic rings. The predicted octanol–water partition coefficient (Wildman–Crippen LogP) is 3.43. The van der Waals surface area contributed by atoms with Crippen LogP contribution in [0.4, 0.5) is 5.82 Å². The van der Waals surface area contributed by atoms with Crippen molar-refractivity contribution in [2.45, 2.75) is 45.7 Å². The summed E-state index contributed by atoms with van der Waals surface area (Å²) >= 11 is 1.79. The molecular formula is C15H19N3OS. The third-order valence-corrected chi connectivity index (χ3v) is 4.69. The van der Waals surface area contributed by atoms with Crippen LogP contribution in [0.5, 0.6) is 0 Å². The number of hydrogen-bond acceptors (Lipinski definition) is 4. The molecule has 0 spiro atoms. The Morgan fingerprint density at radius 3 is 2.80 bits per heavy atom. The molecule has 0 radical (unpaired) electrons. The summed E-state index contributed by atoms with van der Waals surface area (Å²) in [5.74, 6) is 0.454. The summed E-state index contributed by atoms with van der Waals surface area (Å²) in [6.45, 7) is 6.30. The molecule has 1 atom stereocenters. The summed E-state index contributed by atoms with van der Waals surface area (Å²) < 4.78 is 1.80. The zero-order valence-corrected chi connectivity index (χ0v) is 12.8. The van der Waals surface area contributed by atoms with E-state index in [0.717, 1.165) is 12.8 Å². The maximum absolute atomic E-state index is 12.3. The van der Waals surface area contributed by atoms with Gasteiger partial charge in [-0.15, -0.1) is 11.3 Å². The molecule has 1 saturated carbocycles. The molecule has 1 N–H and O–H groups in total. The zero-order valence-electron chi connectivity index (χ0n) is 12.0. The summed E-state index contributed by atoms with van der Waals surface area (Å²) in [5, 5.41) is 3.27. The molecule has 0 saturated heterocycles. The number of anilines is 1. The Labute approximate surface area is 122 Å². The van der Waals surface area contributed by atoms with Gasteiger partial charge in [0.2, 0.25) is 0 Å². The normalized spacial score (nSPS) is 16.1. The van der Waals surface area contributed by atoms with Crippen LogP contribution in [0.2, 0.25) is 0 Å². The maximum atomic E-state index is 12.3. The Kier molecular flexibility index (Phi) is 3.38. The third-order valence-electron chi connectivity index (χ3n) is 3.71. The zero-order chi connectivity index (χ0) is 14.3. The number of aryl methyl sites for hydroxylation is 2. The number of nitrogens with one attached hydrogen (secondary N) is 1. The molecule has 0 bridgehead atoms. The van der Waals surface area contributed by atoms with Gasteiger partial charge >= 0.3 is 0 Å². The van der Waals surface area contributed by atoms with Crippen LogP contribution in [0.3, 0.4) is 0 Å². The van der Waals surface area contributed by atoms with Crippen molar-refractivity contribution in [2.24, 2.45) is 0 Å². The molecule has 0 amide bonds. The Morgan fingerprint density at radius 1 is 1.45 bits per heavy atom. The van der Waals surface area contributed by atoms with Gasteiger partial charge in [0.25, 0.3) is 5.56 Å². The molecule has 20 heavy (non-hydrogen) atoms. The first-order valence-corrected chi connectivity index (χ1v) is 7.78. The van der Waals surface area contributed by atoms with Gasteiger partial charge in [-0.1, -0.05) is 0 Å². The summed E-state index contributed by atoms with van der Waals surface area (Å²) in [6, 6.07) is 2.65. The number of thiophene rings is 1. The van der Waals surface area contributed by atoms with E-state index in [1.165, 1.54) is 15.3 Å². The van der Waals surface area contributed by atoms with Crippen molar-refractivity contribution in [3.05, 3.63) is 44.1 Å². The molecular weight excluding hydrogens is 270 g/mol. The SMILES string of the molecule is Cc1cc(C(C)Nc2nccn(C3CC3)c2=O)c(C)s1. The Hall–Kier alpha value is -1.62. The topological polar surface area (TPSA) is 46.9 Å². The highest BCUT2D eigenvalue weighted by atomic mass is 32.1. The largest absolute Gasteiger partial charge is 0.359 e. The molecule has 0 aliphatic heterocycles.